The minimum absolute atomic E-state index is 0.0104. The van der Waals surface area contributed by atoms with Crippen molar-refractivity contribution in [3.8, 4) is 0 Å². The molecule has 11 heteroatoms. The molecule has 11 nitrogen and oxygen atoms in total. The van der Waals surface area contributed by atoms with Gasteiger partial charge in [0, 0.05) is 12.0 Å². The zero-order valence-corrected chi connectivity index (χ0v) is 38.3. The molecule has 10 atom stereocenters. The van der Waals surface area contributed by atoms with Gasteiger partial charge < -0.3 is 28.4 Å². The molecule has 0 radical (unpaired) electrons. The maximum Gasteiger partial charge on any atom is 0.519 e. The van der Waals surface area contributed by atoms with Crippen LogP contribution in [-0.2, 0) is 40.0 Å². The summed E-state index contributed by atoms with van der Waals surface area (Å²) < 4.78 is 28.0. The van der Waals surface area contributed by atoms with Crippen LogP contribution in [0.25, 0.3) is 0 Å². The summed E-state index contributed by atoms with van der Waals surface area (Å²) >= 11 is 0. The summed E-state index contributed by atoms with van der Waals surface area (Å²) in [6.07, 6.45) is 8.07. The van der Waals surface area contributed by atoms with E-state index in [0.717, 1.165) is 30.4 Å². The zero-order valence-electron chi connectivity index (χ0n) is 38.3. The number of benzene rings is 2. The maximum atomic E-state index is 15.3. The molecule has 5 aliphatic carbocycles. The summed E-state index contributed by atoms with van der Waals surface area (Å²) in [5.41, 5.74) is -0.350. The molecule has 0 aliphatic heterocycles. The van der Waals surface area contributed by atoms with Gasteiger partial charge in [-0.05, 0) is 136 Å². The van der Waals surface area contributed by atoms with Crippen LogP contribution in [0.3, 0.4) is 0 Å². The highest BCUT2D eigenvalue weighted by molar-refractivity contribution is 5.96. The van der Waals surface area contributed by atoms with Crippen molar-refractivity contribution >= 4 is 23.7 Å². The smallest absolute Gasteiger partial charge is 0.465 e. The molecule has 2 aromatic carbocycles. The van der Waals surface area contributed by atoms with Crippen LogP contribution >= 0.6 is 0 Å². The molecule has 0 bridgehead atoms. The lowest BCUT2D eigenvalue weighted by atomic mass is 9.33. The van der Waals surface area contributed by atoms with Crippen LogP contribution in [0.2, 0.25) is 0 Å². The van der Waals surface area contributed by atoms with Gasteiger partial charge in [0.2, 0.25) is 0 Å². The molecule has 1 heterocycles. The van der Waals surface area contributed by atoms with E-state index in [9.17, 15) is 19.2 Å². The van der Waals surface area contributed by atoms with Crippen molar-refractivity contribution in [2.24, 2.45) is 50.2 Å². The molecular weight excluding hydrogens is 799 g/mol. The largest absolute Gasteiger partial charge is 0.519 e. The van der Waals surface area contributed by atoms with E-state index in [1.165, 1.54) is 5.57 Å². The molecule has 0 saturated heterocycles. The van der Waals surface area contributed by atoms with E-state index in [4.69, 9.17) is 23.0 Å². The first-order valence-electron chi connectivity index (χ1n) is 23.1. The van der Waals surface area contributed by atoms with Gasteiger partial charge in [-0.2, -0.15) is 0 Å². The Hall–Kier alpha value is -4.77. The second-order valence-corrected chi connectivity index (χ2v) is 20.9. The fourth-order valence-electron chi connectivity index (χ4n) is 13.7. The molecule has 0 unspecified atom stereocenters. The quantitative estimate of drug-likeness (QED) is 0.145. The average molecular weight is 864 g/mol. The van der Waals surface area contributed by atoms with Gasteiger partial charge in [0.1, 0.15) is 0 Å². The Morgan fingerprint density at radius 3 is 2.06 bits per heavy atom. The number of nitrogens with one attached hydrogen (secondary N) is 1. The third-order valence-electron chi connectivity index (χ3n) is 17.6. The lowest BCUT2D eigenvalue weighted by molar-refractivity contribution is -0.205. The molecular formula is C52H65NO10. The van der Waals surface area contributed by atoms with Gasteiger partial charge in [-0.1, -0.05) is 93.9 Å². The summed E-state index contributed by atoms with van der Waals surface area (Å²) in [5.74, 6) is -2.16. The number of hydrogen-bond acceptors (Lipinski definition) is 11. The van der Waals surface area contributed by atoms with Crippen LogP contribution in [0.4, 0.5) is 0 Å². The number of rotatable bonds is 11. The van der Waals surface area contributed by atoms with E-state index >= 15 is 4.79 Å². The SMILES string of the molecule is CCOC(=O)CN[C@H]1CC[C@@]2(C)[C@@H](CC[C@]3(C)[C@@H]2C(=O)C=C2[C@@H]4C[C@@](C)(C(=O)OC(c5ccccc5)c5ccccc5)CC[C@]4(C)CC[C@]23C)[C@]1(C)C(=O)OCc1oc(=O)oc1C. The minimum Gasteiger partial charge on any atom is -0.465 e. The molecule has 5 aliphatic rings. The summed E-state index contributed by atoms with van der Waals surface area (Å²) in [6.45, 7) is 16.4. The van der Waals surface area contributed by atoms with Crippen LogP contribution < -0.4 is 11.1 Å². The number of ether oxygens (including phenoxy) is 3. The first kappa shape index (κ1) is 44.8. The highest BCUT2D eigenvalue weighted by Crippen LogP contribution is 2.75. The number of carbonyl (C=O) groups excluding carboxylic acids is 4. The number of allylic oxidation sites excluding steroid dienone is 2. The number of carbonyl (C=O) groups is 4. The van der Waals surface area contributed by atoms with Gasteiger partial charge in [0.15, 0.2) is 30.0 Å². The fourth-order valence-corrected chi connectivity index (χ4v) is 13.7. The molecule has 8 rings (SSSR count). The van der Waals surface area contributed by atoms with Crippen molar-refractivity contribution in [1.82, 2.24) is 5.32 Å². The van der Waals surface area contributed by atoms with Crippen LogP contribution in [0, 0.1) is 57.2 Å². The highest BCUT2D eigenvalue weighted by Gasteiger charge is 2.72. The molecule has 4 fully saturated rings. The van der Waals surface area contributed by atoms with Crippen LogP contribution in [0.15, 0.2) is 85.9 Å². The normalized spacial score (nSPS) is 35.9. The van der Waals surface area contributed by atoms with Crippen molar-refractivity contribution in [3.05, 3.63) is 106 Å². The highest BCUT2D eigenvalue weighted by atomic mass is 16.6. The standard InChI is InChI=1S/C52H65NO10/c1-9-59-41(55)30-53-40-21-22-49(5)39(52(40,8)45(57)60-31-38-32(2)61-46(58)62-38)20-23-51(7)43(49)37(54)28-35-36-29-48(4,25-24-47(36,3)26-27-50(35,51)6)44(56)63-42(33-16-12-10-13-17-33)34-18-14-11-15-19-34/h10-19,28,36,39-40,42-43,53H,9,20-27,29-31H2,1-8H3/t36-,39+,40-,43+,47+,48-,49-,50+,51+,52-/m0/s1. The van der Waals surface area contributed by atoms with E-state index in [2.05, 4.69) is 39.9 Å². The Kier molecular flexibility index (Phi) is 11.6. The van der Waals surface area contributed by atoms with Crippen molar-refractivity contribution in [3.63, 3.8) is 0 Å². The van der Waals surface area contributed by atoms with Gasteiger partial charge in [-0.3, -0.25) is 19.2 Å². The van der Waals surface area contributed by atoms with Crippen LogP contribution in [-0.4, -0.2) is 42.9 Å². The van der Waals surface area contributed by atoms with Gasteiger partial charge >= 0.3 is 23.7 Å². The lowest BCUT2D eigenvalue weighted by Gasteiger charge is -2.70. The third kappa shape index (κ3) is 7.34. The molecule has 63 heavy (non-hydrogen) atoms. The lowest BCUT2D eigenvalue weighted by Crippen LogP contribution is -2.69. The Morgan fingerprint density at radius 1 is 0.794 bits per heavy atom. The van der Waals surface area contributed by atoms with Crippen molar-refractivity contribution in [2.75, 3.05) is 13.2 Å². The van der Waals surface area contributed by atoms with E-state index < -0.39 is 51.6 Å². The predicted octanol–water partition coefficient (Wildman–Crippen LogP) is 9.40. The summed E-state index contributed by atoms with van der Waals surface area (Å²) in [4.78, 5) is 69.1. The summed E-state index contributed by atoms with van der Waals surface area (Å²) in [5, 5.41) is 3.37. The van der Waals surface area contributed by atoms with Gasteiger partial charge in [-0.25, -0.2) is 4.79 Å². The van der Waals surface area contributed by atoms with E-state index in [1.54, 1.807) is 13.8 Å². The summed E-state index contributed by atoms with van der Waals surface area (Å²) in [6, 6.07) is 19.4. The number of ketones is 1. The molecule has 4 saturated carbocycles. The molecule has 338 valence electrons. The molecule has 0 amide bonds. The van der Waals surface area contributed by atoms with Gasteiger partial charge in [0.25, 0.3) is 0 Å². The van der Waals surface area contributed by atoms with Gasteiger partial charge in [0.05, 0.1) is 24.0 Å². The maximum absolute atomic E-state index is 15.3. The minimum atomic E-state index is -1.15. The summed E-state index contributed by atoms with van der Waals surface area (Å²) in [7, 11) is 0. The fraction of sp³-hybridized carbons (Fsp3) is 0.596. The number of aryl methyl sites for hydroxylation is 1. The molecule has 3 aromatic rings. The second-order valence-electron chi connectivity index (χ2n) is 20.9. The van der Waals surface area contributed by atoms with Crippen molar-refractivity contribution in [1.29, 1.82) is 0 Å². The van der Waals surface area contributed by atoms with Gasteiger partial charge in [-0.15, -0.1) is 0 Å². The van der Waals surface area contributed by atoms with E-state index in [-0.39, 0.29) is 71.6 Å². The molecule has 0 spiro atoms. The Bertz CT molecular complexity index is 2290. The van der Waals surface area contributed by atoms with Crippen molar-refractivity contribution in [2.45, 2.75) is 132 Å². The predicted molar refractivity (Wildman–Crippen MR) is 235 cm³/mol. The monoisotopic (exact) mass is 863 g/mol. The van der Waals surface area contributed by atoms with Crippen LogP contribution in [0.1, 0.15) is 135 Å². The first-order chi connectivity index (χ1) is 29.8. The van der Waals surface area contributed by atoms with Crippen molar-refractivity contribution < 1.29 is 42.2 Å². The van der Waals surface area contributed by atoms with E-state index in [0.29, 0.717) is 38.5 Å². The third-order valence-corrected chi connectivity index (χ3v) is 17.6. The van der Waals surface area contributed by atoms with Crippen LogP contribution in [0.5, 0.6) is 0 Å². The van der Waals surface area contributed by atoms with E-state index in [1.807, 2.05) is 73.7 Å². The Morgan fingerprint density at radius 2 is 1.44 bits per heavy atom. The first-order valence-corrected chi connectivity index (χ1v) is 23.1. The number of fused-ring (bicyclic) bond motifs is 7. The second kappa shape index (κ2) is 16.3. The average Bonchev–Trinajstić information content (AvgIpc) is 3.59. The molecule has 1 aromatic heterocycles. The Labute approximate surface area is 371 Å². The zero-order chi connectivity index (χ0) is 45.2. The molecule has 1 N–H and O–H groups in total. The number of esters is 3. The Balaban J connectivity index is 1.11. The number of hydrogen-bond donors (Lipinski definition) is 1. The topological polar surface area (TPSA) is 151 Å².